The fourth-order valence-corrected chi connectivity index (χ4v) is 1.61. The van der Waals surface area contributed by atoms with Crippen LogP contribution >= 0.6 is 0 Å². The summed E-state index contributed by atoms with van der Waals surface area (Å²) >= 11 is 0. The first kappa shape index (κ1) is 13.2. The second kappa shape index (κ2) is 5.60. The zero-order valence-corrected chi connectivity index (χ0v) is 10.9. The van der Waals surface area contributed by atoms with Crippen molar-refractivity contribution in [2.75, 3.05) is 26.9 Å². The summed E-state index contributed by atoms with van der Waals surface area (Å²) in [6.07, 6.45) is 0. The highest BCUT2D eigenvalue weighted by Gasteiger charge is 2.16. The summed E-state index contributed by atoms with van der Waals surface area (Å²) in [7, 11) is 1.69. The Kier molecular flexibility index (Phi) is 3.89. The van der Waals surface area contributed by atoms with Crippen LogP contribution in [0.4, 0.5) is 0 Å². The third-order valence-electron chi connectivity index (χ3n) is 2.94. The van der Waals surface area contributed by atoms with Gasteiger partial charge in [-0.25, -0.2) is 0 Å². The molecule has 1 aromatic rings. The minimum absolute atomic E-state index is 0.0163. The van der Waals surface area contributed by atoms with Crippen molar-refractivity contribution in [1.29, 1.82) is 0 Å². The van der Waals surface area contributed by atoms with E-state index in [0.717, 1.165) is 0 Å². The van der Waals surface area contributed by atoms with Gasteiger partial charge in [0, 0.05) is 19.2 Å². The molecule has 102 valence electrons. The molecule has 1 heterocycles. The summed E-state index contributed by atoms with van der Waals surface area (Å²) in [5.41, 5.74) is 0.441. The Bertz CT molecular complexity index is 501. The van der Waals surface area contributed by atoms with Gasteiger partial charge in [0.25, 0.3) is 5.91 Å². The zero-order chi connectivity index (χ0) is 13.8. The van der Waals surface area contributed by atoms with Crippen LogP contribution in [0.5, 0.6) is 11.5 Å². The van der Waals surface area contributed by atoms with E-state index >= 15 is 0 Å². The highest BCUT2D eigenvalue weighted by Crippen LogP contribution is 2.32. The van der Waals surface area contributed by atoms with E-state index < -0.39 is 0 Å². The van der Waals surface area contributed by atoms with Gasteiger partial charge in [0.15, 0.2) is 11.5 Å². The van der Waals surface area contributed by atoms with Crippen molar-refractivity contribution >= 4 is 11.8 Å². The van der Waals surface area contributed by atoms with Crippen LogP contribution in [0.3, 0.4) is 0 Å². The average molecular weight is 264 g/mol. The molecule has 1 aliphatic heterocycles. The Morgan fingerprint density at radius 1 is 1.32 bits per heavy atom. The molecule has 2 rings (SSSR count). The molecule has 0 spiro atoms. The van der Waals surface area contributed by atoms with Gasteiger partial charge < -0.3 is 19.7 Å². The largest absolute Gasteiger partial charge is 0.454 e. The summed E-state index contributed by atoms with van der Waals surface area (Å²) in [4.78, 5) is 25.0. The van der Waals surface area contributed by atoms with Crippen LogP contribution in [0.15, 0.2) is 18.2 Å². The molecule has 19 heavy (non-hydrogen) atoms. The second-order valence-corrected chi connectivity index (χ2v) is 4.16. The Morgan fingerprint density at radius 2 is 2.05 bits per heavy atom. The van der Waals surface area contributed by atoms with Crippen molar-refractivity contribution < 1.29 is 19.1 Å². The third-order valence-corrected chi connectivity index (χ3v) is 2.94. The van der Waals surface area contributed by atoms with Crippen molar-refractivity contribution in [2.45, 2.75) is 6.92 Å². The van der Waals surface area contributed by atoms with E-state index in [2.05, 4.69) is 5.32 Å². The monoisotopic (exact) mass is 264 g/mol. The Hall–Kier alpha value is -2.24. The fourth-order valence-electron chi connectivity index (χ4n) is 1.61. The quantitative estimate of drug-likeness (QED) is 0.865. The molecule has 0 saturated carbocycles. The molecule has 1 N–H and O–H groups in total. The smallest absolute Gasteiger partial charge is 0.251 e. The van der Waals surface area contributed by atoms with E-state index in [1.54, 1.807) is 30.1 Å². The van der Waals surface area contributed by atoms with E-state index in [0.29, 0.717) is 23.6 Å². The summed E-state index contributed by atoms with van der Waals surface area (Å²) in [5.74, 6) is 0.732. The first-order valence-corrected chi connectivity index (χ1v) is 6.03. The van der Waals surface area contributed by atoms with Crippen molar-refractivity contribution in [3.63, 3.8) is 0 Å². The maximum atomic E-state index is 11.9. The molecule has 1 aliphatic rings. The van der Waals surface area contributed by atoms with E-state index in [-0.39, 0.29) is 25.2 Å². The van der Waals surface area contributed by atoms with Gasteiger partial charge in [-0.15, -0.1) is 0 Å². The SMILES string of the molecule is CCN(C)C(=O)CNC(=O)c1ccc2c(c1)OCO2. The Labute approximate surface area is 111 Å². The number of ether oxygens (including phenoxy) is 2. The summed E-state index contributed by atoms with van der Waals surface area (Å²) in [5, 5.41) is 2.58. The van der Waals surface area contributed by atoms with Crippen LogP contribution in [-0.2, 0) is 4.79 Å². The number of nitrogens with one attached hydrogen (secondary N) is 1. The Morgan fingerprint density at radius 3 is 2.79 bits per heavy atom. The molecule has 0 aliphatic carbocycles. The highest BCUT2D eigenvalue weighted by atomic mass is 16.7. The van der Waals surface area contributed by atoms with Gasteiger partial charge in [0.05, 0.1) is 6.54 Å². The van der Waals surface area contributed by atoms with E-state index in [1.165, 1.54) is 0 Å². The number of carbonyl (C=O) groups excluding carboxylic acids is 2. The predicted octanol–water partition coefficient (Wildman–Crippen LogP) is 0.623. The molecular weight excluding hydrogens is 248 g/mol. The van der Waals surface area contributed by atoms with Gasteiger partial charge in [-0.05, 0) is 25.1 Å². The molecule has 0 saturated heterocycles. The van der Waals surface area contributed by atoms with Crippen LogP contribution in [-0.4, -0.2) is 43.6 Å². The summed E-state index contributed by atoms with van der Waals surface area (Å²) < 4.78 is 10.4. The molecular formula is C13H16N2O4. The first-order chi connectivity index (χ1) is 9.11. The van der Waals surface area contributed by atoms with Crippen molar-refractivity contribution in [1.82, 2.24) is 10.2 Å². The molecule has 0 fully saturated rings. The van der Waals surface area contributed by atoms with Crippen LogP contribution in [0, 0.1) is 0 Å². The predicted molar refractivity (Wildman–Crippen MR) is 68.2 cm³/mol. The first-order valence-electron chi connectivity index (χ1n) is 6.03. The molecule has 0 unspecified atom stereocenters. The lowest BCUT2D eigenvalue weighted by atomic mass is 10.2. The molecule has 0 atom stereocenters. The Balaban J connectivity index is 1.95. The second-order valence-electron chi connectivity index (χ2n) is 4.16. The number of hydrogen-bond donors (Lipinski definition) is 1. The van der Waals surface area contributed by atoms with E-state index in [4.69, 9.17) is 9.47 Å². The van der Waals surface area contributed by atoms with Crippen LogP contribution in [0.1, 0.15) is 17.3 Å². The van der Waals surface area contributed by atoms with E-state index in [9.17, 15) is 9.59 Å². The maximum Gasteiger partial charge on any atom is 0.251 e. The molecule has 1 aromatic carbocycles. The average Bonchev–Trinajstić information content (AvgIpc) is 2.90. The van der Waals surface area contributed by atoms with Crippen molar-refractivity contribution in [3.05, 3.63) is 23.8 Å². The van der Waals surface area contributed by atoms with Gasteiger partial charge in [0.2, 0.25) is 12.7 Å². The zero-order valence-electron chi connectivity index (χ0n) is 10.9. The van der Waals surface area contributed by atoms with Gasteiger partial charge in [-0.3, -0.25) is 9.59 Å². The number of hydrogen-bond acceptors (Lipinski definition) is 4. The molecule has 0 radical (unpaired) electrons. The lowest BCUT2D eigenvalue weighted by molar-refractivity contribution is -0.128. The standard InChI is InChI=1S/C13H16N2O4/c1-3-15(2)12(16)7-14-13(17)9-4-5-10-11(6-9)19-8-18-10/h4-6H,3,7-8H2,1-2H3,(H,14,17). The summed E-state index contributed by atoms with van der Waals surface area (Å²) in [6.45, 7) is 2.63. The van der Waals surface area contributed by atoms with Gasteiger partial charge in [-0.1, -0.05) is 0 Å². The number of carbonyl (C=O) groups is 2. The number of amides is 2. The summed E-state index contributed by atoms with van der Waals surface area (Å²) in [6, 6.07) is 4.92. The number of benzene rings is 1. The van der Waals surface area contributed by atoms with Crippen LogP contribution in [0.2, 0.25) is 0 Å². The lowest BCUT2D eigenvalue weighted by Crippen LogP contribution is -2.37. The third kappa shape index (κ3) is 2.96. The van der Waals surface area contributed by atoms with Crippen molar-refractivity contribution in [2.24, 2.45) is 0 Å². The minimum atomic E-state index is -0.309. The molecule has 0 aromatic heterocycles. The maximum absolute atomic E-state index is 11.9. The fraction of sp³-hybridized carbons (Fsp3) is 0.385. The highest BCUT2D eigenvalue weighted by molar-refractivity contribution is 5.97. The molecule has 6 nitrogen and oxygen atoms in total. The van der Waals surface area contributed by atoms with Gasteiger partial charge in [-0.2, -0.15) is 0 Å². The number of likely N-dealkylation sites (N-methyl/N-ethyl adjacent to an activating group) is 1. The van der Waals surface area contributed by atoms with Crippen LogP contribution < -0.4 is 14.8 Å². The molecule has 6 heteroatoms. The number of nitrogens with zero attached hydrogens (tertiary/aromatic N) is 1. The topological polar surface area (TPSA) is 67.9 Å². The number of rotatable bonds is 4. The van der Waals surface area contributed by atoms with Crippen molar-refractivity contribution in [3.8, 4) is 11.5 Å². The lowest BCUT2D eigenvalue weighted by Gasteiger charge is -2.14. The minimum Gasteiger partial charge on any atom is -0.454 e. The van der Waals surface area contributed by atoms with E-state index in [1.807, 2.05) is 6.92 Å². The normalized spacial score (nSPS) is 12.1. The van der Waals surface area contributed by atoms with Gasteiger partial charge in [0.1, 0.15) is 0 Å². The van der Waals surface area contributed by atoms with Gasteiger partial charge >= 0.3 is 0 Å². The molecule has 2 amide bonds. The molecule has 0 bridgehead atoms. The number of fused-ring (bicyclic) bond motifs is 1. The van der Waals surface area contributed by atoms with Crippen LogP contribution in [0.25, 0.3) is 0 Å².